The largest absolute Gasteiger partial charge is 0.387 e. The van der Waals surface area contributed by atoms with E-state index in [9.17, 15) is 14.3 Å². The van der Waals surface area contributed by atoms with E-state index in [2.05, 4.69) is 15.6 Å². The summed E-state index contributed by atoms with van der Waals surface area (Å²) in [6.07, 6.45) is 3.25. The van der Waals surface area contributed by atoms with Crippen molar-refractivity contribution in [3.63, 3.8) is 0 Å². The number of pyridine rings is 1. The lowest BCUT2D eigenvalue weighted by Gasteiger charge is -2.13. The number of carbonyl (C=O) groups excluding carboxylic acids is 1. The minimum absolute atomic E-state index is 0.0599. The highest BCUT2D eigenvalue weighted by molar-refractivity contribution is 5.73. The third-order valence-electron chi connectivity index (χ3n) is 3.13. The van der Waals surface area contributed by atoms with E-state index in [4.69, 9.17) is 0 Å². The van der Waals surface area contributed by atoms with Gasteiger partial charge < -0.3 is 15.7 Å². The average Bonchev–Trinajstić information content (AvgIpc) is 2.54. The van der Waals surface area contributed by atoms with Crippen molar-refractivity contribution in [3.8, 4) is 0 Å². The van der Waals surface area contributed by atoms with Gasteiger partial charge in [-0.1, -0.05) is 18.2 Å². The van der Waals surface area contributed by atoms with E-state index in [-0.39, 0.29) is 18.4 Å². The van der Waals surface area contributed by atoms with Gasteiger partial charge in [0.25, 0.3) is 0 Å². The first-order valence-electron chi connectivity index (χ1n) is 6.99. The Morgan fingerprint density at radius 2 is 2.00 bits per heavy atom. The summed E-state index contributed by atoms with van der Waals surface area (Å²) in [6.45, 7) is 0.536. The van der Waals surface area contributed by atoms with Crippen LogP contribution in [-0.2, 0) is 6.42 Å². The molecule has 1 aromatic carbocycles. The lowest BCUT2D eigenvalue weighted by atomic mass is 10.1. The number of aliphatic hydroxyl groups is 1. The molecule has 0 radical (unpaired) electrons. The molecule has 0 bridgehead atoms. The standard InChI is InChI=1S/C16H18FN3O2/c17-14-5-3-13(4-6-14)15(21)11-20-16(22)19-9-7-12-2-1-8-18-10-12/h1-6,8,10,15,21H,7,9,11H2,(H2,19,20,22). The number of nitrogens with zero attached hydrogens (tertiary/aromatic N) is 1. The van der Waals surface area contributed by atoms with Gasteiger partial charge in [0.2, 0.25) is 0 Å². The number of aliphatic hydroxyl groups excluding tert-OH is 1. The van der Waals surface area contributed by atoms with Gasteiger partial charge in [0.1, 0.15) is 5.82 Å². The minimum Gasteiger partial charge on any atom is -0.387 e. The van der Waals surface area contributed by atoms with Crippen molar-refractivity contribution < 1.29 is 14.3 Å². The van der Waals surface area contributed by atoms with Crippen molar-refractivity contribution >= 4 is 6.03 Å². The maximum Gasteiger partial charge on any atom is 0.314 e. The van der Waals surface area contributed by atoms with Crippen LogP contribution in [0.3, 0.4) is 0 Å². The number of hydrogen-bond donors (Lipinski definition) is 3. The highest BCUT2D eigenvalue weighted by Gasteiger charge is 2.09. The summed E-state index contributed by atoms with van der Waals surface area (Å²) in [6, 6.07) is 8.94. The predicted molar refractivity (Wildman–Crippen MR) is 80.7 cm³/mol. The Balaban J connectivity index is 1.68. The molecule has 1 unspecified atom stereocenters. The van der Waals surface area contributed by atoms with E-state index in [1.54, 1.807) is 12.4 Å². The Labute approximate surface area is 128 Å². The minimum atomic E-state index is -0.871. The number of hydrogen-bond acceptors (Lipinski definition) is 3. The summed E-state index contributed by atoms with van der Waals surface area (Å²) in [4.78, 5) is 15.6. The maximum atomic E-state index is 12.8. The van der Waals surface area contributed by atoms with Crippen molar-refractivity contribution in [1.29, 1.82) is 0 Å². The molecular weight excluding hydrogens is 285 g/mol. The summed E-state index contributed by atoms with van der Waals surface area (Å²) >= 11 is 0. The molecule has 0 fully saturated rings. The lowest BCUT2D eigenvalue weighted by Crippen LogP contribution is -2.38. The van der Waals surface area contributed by atoms with Gasteiger partial charge in [-0.3, -0.25) is 4.98 Å². The fourth-order valence-corrected chi connectivity index (χ4v) is 1.92. The molecule has 0 aliphatic heterocycles. The number of halogens is 1. The summed E-state index contributed by atoms with van der Waals surface area (Å²) < 4.78 is 12.8. The number of nitrogens with one attached hydrogen (secondary N) is 2. The van der Waals surface area contributed by atoms with Gasteiger partial charge >= 0.3 is 6.03 Å². The first-order chi connectivity index (χ1) is 10.6. The SMILES string of the molecule is O=C(NCCc1cccnc1)NCC(O)c1ccc(F)cc1. The summed E-state index contributed by atoms with van der Waals surface area (Å²) in [7, 11) is 0. The monoisotopic (exact) mass is 303 g/mol. The van der Waals surface area contributed by atoms with Gasteiger partial charge in [0.05, 0.1) is 6.10 Å². The van der Waals surface area contributed by atoms with Crippen molar-refractivity contribution in [3.05, 3.63) is 65.7 Å². The van der Waals surface area contributed by atoms with E-state index in [1.807, 2.05) is 12.1 Å². The van der Waals surface area contributed by atoms with Crippen molar-refractivity contribution in [1.82, 2.24) is 15.6 Å². The molecule has 2 rings (SSSR count). The van der Waals surface area contributed by atoms with Crippen LogP contribution in [0.15, 0.2) is 48.8 Å². The molecule has 1 atom stereocenters. The molecule has 0 saturated carbocycles. The molecule has 6 heteroatoms. The second-order valence-electron chi connectivity index (χ2n) is 4.82. The molecule has 0 aliphatic rings. The zero-order chi connectivity index (χ0) is 15.8. The van der Waals surface area contributed by atoms with Gasteiger partial charge in [-0.2, -0.15) is 0 Å². The summed E-state index contributed by atoms with van der Waals surface area (Å²) in [5.74, 6) is -0.364. The van der Waals surface area contributed by atoms with Gasteiger partial charge in [0.15, 0.2) is 0 Å². The first-order valence-corrected chi connectivity index (χ1v) is 6.99. The second-order valence-corrected chi connectivity index (χ2v) is 4.82. The number of amides is 2. The Morgan fingerprint density at radius 1 is 1.23 bits per heavy atom. The van der Waals surface area contributed by atoms with Crippen LogP contribution in [0.5, 0.6) is 0 Å². The van der Waals surface area contributed by atoms with E-state index in [0.29, 0.717) is 18.5 Å². The van der Waals surface area contributed by atoms with E-state index in [1.165, 1.54) is 24.3 Å². The summed E-state index contributed by atoms with van der Waals surface area (Å²) in [5.41, 5.74) is 1.59. The van der Waals surface area contributed by atoms with Crippen LogP contribution in [0.1, 0.15) is 17.2 Å². The number of rotatable bonds is 6. The molecule has 2 amide bonds. The van der Waals surface area contributed by atoms with Gasteiger partial charge in [-0.25, -0.2) is 9.18 Å². The van der Waals surface area contributed by atoms with Crippen LogP contribution >= 0.6 is 0 Å². The van der Waals surface area contributed by atoms with E-state index in [0.717, 1.165) is 5.56 Å². The van der Waals surface area contributed by atoms with Crippen LogP contribution in [0.2, 0.25) is 0 Å². The predicted octanol–water partition coefficient (Wildman–Crippen LogP) is 1.80. The Kier molecular flexibility index (Phi) is 5.85. The molecule has 2 aromatic rings. The molecule has 1 aromatic heterocycles. The second kappa shape index (κ2) is 8.09. The Hall–Kier alpha value is -2.47. The van der Waals surface area contributed by atoms with Gasteiger partial charge in [-0.15, -0.1) is 0 Å². The maximum absolute atomic E-state index is 12.8. The smallest absolute Gasteiger partial charge is 0.314 e. The molecule has 22 heavy (non-hydrogen) atoms. The molecule has 1 heterocycles. The molecule has 5 nitrogen and oxygen atoms in total. The molecule has 116 valence electrons. The zero-order valence-corrected chi connectivity index (χ0v) is 12.0. The third-order valence-corrected chi connectivity index (χ3v) is 3.13. The number of carbonyl (C=O) groups is 1. The fraction of sp³-hybridized carbons (Fsp3) is 0.250. The van der Waals surface area contributed by atoms with E-state index < -0.39 is 6.10 Å². The van der Waals surface area contributed by atoms with Gasteiger partial charge in [0, 0.05) is 25.5 Å². The Morgan fingerprint density at radius 3 is 2.68 bits per heavy atom. The van der Waals surface area contributed by atoms with Gasteiger partial charge in [-0.05, 0) is 35.7 Å². The molecule has 0 saturated heterocycles. The summed E-state index contributed by atoms with van der Waals surface area (Å²) in [5, 5.41) is 15.2. The zero-order valence-electron chi connectivity index (χ0n) is 12.0. The molecule has 0 spiro atoms. The number of benzene rings is 1. The molecular formula is C16H18FN3O2. The quantitative estimate of drug-likeness (QED) is 0.762. The third kappa shape index (κ3) is 5.14. The number of aromatic nitrogens is 1. The normalized spacial score (nSPS) is 11.7. The highest BCUT2D eigenvalue weighted by atomic mass is 19.1. The average molecular weight is 303 g/mol. The molecule has 3 N–H and O–H groups in total. The molecule has 0 aliphatic carbocycles. The fourth-order valence-electron chi connectivity index (χ4n) is 1.92. The van der Waals surface area contributed by atoms with Crippen LogP contribution in [0.4, 0.5) is 9.18 Å². The lowest BCUT2D eigenvalue weighted by molar-refractivity contribution is 0.173. The van der Waals surface area contributed by atoms with E-state index >= 15 is 0 Å². The van der Waals surface area contributed by atoms with Crippen LogP contribution in [-0.4, -0.2) is 29.2 Å². The van der Waals surface area contributed by atoms with Crippen LogP contribution < -0.4 is 10.6 Å². The van der Waals surface area contributed by atoms with Crippen molar-refractivity contribution in [2.45, 2.75) is 12.5 Å². The highest BCUT2D eigenvalue weighted by Crippen LogP contribution is 2.12. The first kappa shape index (κ1) is 15.9. The number of urea groups is 1. The van der Waals surface area contributed by atoms with Crippen molar-refractivity contribution in [2.24, 2.45) is 0 Å². The Bertz CT molecular complexity index is 590. The van der Waals surface area contributed by atoms with Crippen LogP contribution in [0, 0.1) is 5.82 Å². The van der Waals surface area contributed by atoms with Crippen LogP contribution in [0.25, 0.3) is 0 Å². The topological polar surface area (TPSA) is 74.2 Å². The van der Waals surface area contributed by atoms with Crippen molar-refractivity contribution in [2.75, 3.05) is 13.1 Å².